The molecule has 3 heteroatoms. The quantitative estimate of drug-likeness (QED) is 0.291. The number of hydrogen-bond donors (Lipinski definition) is 1. The number of aliphatic hydroxyl groups is 1. The van der Waals surface area contributed by atoms with Crippen LogP contribution >= 0.6 is 0 Å². The van der Waals surface area contributed by atoms with Crippen molar-refractivity contribution in [1.82, 2.24) is 4.90 Å². The van der Waals surface area contributed by atoms with Gasteiger partial charge in [0.2, 0.25) is 0 Å². The largest absolute Gasteiger partial charge is 0.395 e. The minimum atomic E-state index is 0.241. The topological polar surface area (TPSA) is 35.8 Å². The average Bonchev–Trinajstić information content (AvgIpc) is 3.07. The second kappa shape index (κ2) is 15.4. The molecule has 1 N–H and O–H groups in total. The molecule has 0 spiro atoms. The summed E-state index contributed by atoms with van der Waals surface area (Å²) in [6.07, 6.45) is 20.3. The van der Waals surface area contributed by atoms with Crippen molar-refractivity contribution in [2.24, 2.45) is 10.9 Å². The zero-order valence-electron chi connectivity index (χ0n) is 16.9. The first-order valence-electron chi connectivity index (χ1n) is 10.8. The smallest absolute Gasteiger partial charge is 0.102 e. The standard InChI is InChI=1S/C22H42N2O/c1-3-5-7-9-10-12-14-16-21(15-13-11-8-6-4-2)22-23-17-18-24(22)19-20-25/h4,6,21,25H,3,5,7-20H2,1-2H3. The van der Waals surface area contributed by atoms with Crippen LogP contribution in [-0.4, -0.2) is 42.1 Å². The van der Waals surface area contributed by atoms with Gasteiger partial charge in [0.05, 0.1) is 13.2 Å². The molecule has 1 aliphatic rings. The van der Waals surface area contributed by atoms with E-state index in [0.717, 1.165) is 19.6 Å². The van der Waals surface area contributed by atoms with Crippen LogP contribution in [0.1, 0.15) is 90.9 Å². The van der Waals surface area contributed by atoms with Crippen LogP contribution in [-0.2, 0) is 0 Å². The highest BCUT2D eigenvalue weighted by molar-refractivity contribution is 5.86. The molecule has 0 aromatic carbocycles. The number of β-amino-alcohol motifs (C(OH)–C–C–N with tert-alkyl or cyclic N) is 1. The Morgan fingerprint density at radius 1 is 1.04 bits per heavy atom. The fourth-order valence-corrected chi connectivity index (χ4v) is 3.80. The number of amidine groups is 1. The van der Waals surface area contributed by atoms with Gasteiger partial charge >= 0.3 is 0 Å². The Morgan fingerprint density at radius 3 is 2.40 bits per heavy atom. The van der Waals surface area contributed by atoms with Gasteiger partial charge < -0.3 is 10.0 Å². The lowest BCUT2D eigenvalue weighted by Crippen LogP contribution is -2.35. The van der Waals surface area contributed by atoms with Crippen LogP contribution in [0.15, 0.2) is 17.1 Å². The zero-order valence-corrected chi connectivity index (χ0v) is 16.9. The summed E-state index contributed by atoms with van der Waals surface area (Å²) in [7, 11) is 0. The van der Waals surface area contributed by atoms with Gasteiger partial charge in [-0.1, -0.05) is 70.4 Å². The first kappa shape index (κ1) is 22.2. The molecule has 0 amide bonds. The molecule has 0 fully saturated rings. The Bertz CT molecular complexity index is 365. The van der Waals surface area contributed by atoms with E-state index >= 15 is 0 Å². The third-order valence-electron chi connectivity index (χ3n) is 5.27. The van der Waals surface area contributed by atoms with Gasteiger partial charge in [-0.25, -0.2) is 0 Å². The molecule has 0 aromatic heterocycles. The molecular formula is C22H42N2O. The number of aliphatic imine (C=N–C) groups is 1. The first-order chi connectivity index (χ1) is 12.3. The van der Waals surface area contributed by atoms with Crippen LogP contribution in [0.25, 0.3) is 0 Å². The molecule has 0 aromatic rings. The van der Waals surface area contributed by atoms with Crippen molar-refractivity contribution in [1.29, 1.82) is 0 Å². The molecule has 0 bridgehead atoms. The molecule has 1 heterocycles. The van der Waals surface area contributed by atoms with E-state index in [1.165, 1.54) is 82.9 Å². The van der Waals surface area contributed by atoms with Gasteiger partial charge in [0.25, 0.3) is 0 Å². The number of rotatable bonds is 16. The molecule has 146 valence electrons. The van der Waals surface area contributed by atoms with Gasteiger partial charge in [-0.15, -0.1) is 0 Å². The molecule has 25 heavy (non-hydrogen) atoms. The summed E-state index contributed by atoms with van der Waals surface area (Å²) >= 11 is 0. The zero-order chi connectivity index (χ0) is 18.2. The Balaban J connectivity index is 2.36. The summed E-state index contributed by atoms with van der Waals surface area (Å²) in [4.78, 5) is 7.14. The molecule has 1 unspecified atom stereocenters. The average molecular weight is 351 g/mol. The summed E-state index contributed by atoms with van der Waals surface area (Å²) in [5, 5.41) is 9.31. The summed E-state index contributed by atoms with van der Waals surface area (Å²) < 4.78 is 0. The number of unbranched alkanes of at least 4 members (excludes halogenated alkanes) is 8. The summed E-state index contributed by atoms with van der Waals surface area (Å²) in [5.41, 5.74) is 0. The van der Waals surface area contributed by atoms with Gasteiger partial charge in [0.15, 0.2) is 0 Å². The minimum Gasteiger partial charge on any atom is -0.395 e. The normalized spacial score (nSPS) is 16.0. The second-order valence-electron chi connectivity index (χ2n) is 7.41. The van der Waals surface area contributed by atoms with E-state index in [9.17, 15) is 5.11 Å². The van der Waals surface area contributed by atoms with Gasteiger partial charge in [0.1, 0.15) is 5.84 Å². The highest BCUT2D eigenvalue weighted by Crippen LogP contribution is 2.24. The molecule has 1 aliphatic heterocycles. The molecule has 1 rings (SSSR count). The fourth-order valence-electron chi connectivity index (χ4n) is 3.80. The highest BCUT2D eigenvalue weighted by atomic mass is 16.3. The fraction of sp³-hybridized carbons (Fsp3) is 0.864. The van der Waals surface area contributed by atoms with Crippen molar-refractivity contribution in [2.75, 3.05) is 26.2 Å². The lowest BCUT2D eigenvalue weighted by molar-refractivity contribution is 0.251. The monoisotopic (exact) mass is 350 g/mol. The minimum absolute atomic E-state index is 0.241. The van der Waals surface area contributed by atoms with E-state index in [0.29, 0.717) is 5.92 Å². The van der Waals surface area contributed by atoms with Crippen LogP contribution in [0.2, 0.25) is 0 Å². The highest BCUT2D eigenvalue weighted by Gasteiger charge is 2.24. The van der Waals surface area contributed by atoms with Crippen LogP contribution in [0.5, 0.6) is 0 Å². The van der Waals surface area contributed by atoms with Gasteiger partial charge in [-0.2, -0.15) is 0 Å². The first-order valence-corrected chi connectivity index (χ1v) is 10.8. The van der Waals surface area contributed by atoms with Crippen molar-refractivity contribution in [3.05, 3.63) is 12.2 Å². The molecular weight excluding hydrogens is 308 g/mol. The summed E-state index contributed by atoms with van der Waals surface area (Å²) in [6, 6.07) is 0. The molecule has 3 nitrogen and oxygen atoms in total. The van der Waals surface area contributed by atoms with Crippen molar-refractivity contribution in [2.45, 2.75) is 90.9 Å². The number of hydrogen-bond acceptors (Lipinski definition) is 3. The number of allylic oxidation sites excluding steroid dienone is 2. The van der Waals surface area contributed by atoms with Crippen molar-refractivity contribution >= 4 is 5.84 Å². The third-order valence-corrected chi connectivity index (χ3v) is 5.27. The van der Waals surface area contributed by atoms with Crippen LogP contribution in [0, 0.1) is 5.92 Å². The maximum Gasteiger partial charge on any atom is 0.102 e. The van der Waals surface area contributed by atoms with Gasteiger partial charge in [0, 0.05) is 19.0 Å². The number of nitrogens with zero attached hydrogens (tertiary/aromatic N) is 2. The van der Waals surface area contributed by atoms with E-state index in [1.54, 1.807) is 0 Å². The SMILES string of the molecule is CC=CCCCCC(CCCCCCCCC)C1=NCCN1CCO. The van der Waals surface area contributed by atoms with E-state index in [4.69, 9.17) is 4.99 Å². The van der Waals surface area contributed by atoms with Crippen LogP contribution in [0.4, 0.5) is 0 Å². The Kier molecular flexibility index (Phi) is 13.7. The van der Waals surface area contributed by atoms with E-state index in [2.05, 4.69) is 30.9 Å². The lowest BCUT2D eigenvalue weighted by Gasteiger charge is -2.26. The maximum absolute atomic E-state index is 9.31. The Labute approximate surface area is 156 Å². The number of aliphatic hydroxyl groups excluding tert-OH is 1. The Hall–Kier alpha value is -0.830. The predicted octanol–water partition coefficient (Wildman–Crippen LogP) is 5.59. The van der Waals surface area contributed by atoms with Crippen molar-refractivity contribution in [3.63, 3.8) is 0 Å². The predicted molar refractivity (Wildman–Crippen MR) is 110 cm³/mol. The van der Waals surface area contributed by atoms with Crippen LogP contribution in [0.3, 0.4) is 0 Å². The molecule has 1 atom stereocenters. The molecule has 0 aliphatic carbocycles. The van der Waals surface area contributed by atoms with Crippen LogP contribution < -0.4 is 0 Å². The van der Waals surface area contributed by atoms with E-state index < -0.39 is 0 Å². The van der Waals surface area contributed by atoms with E-state index in [1.807, 2.05) is 0 Å². The Morgan fingerprint density at radius 2 is 1.72 bits per heavy atom. The lowest BCUT2D eigenvalue weighted by atomic mass is 9.92. The molecule has 0 saturated heterocycles. The molecule has 0 saturated carbocycles. The maximum atomic E-state index is 9.31. The third kappa shape index (κ3) is 10.0. The summed E-state index contributed by atoms with van der Waals surface area (Å²) in [5.74, 6) is 1.90. The van der Waals surface area contributed by atoms with E-state index in [-0.39, 0.29) is 6.61 Å². The summed E-state index contributed by atoms with van der Waals surface area (Å²) in [6.45, 7) is 7.30. The van der Waals surface area contributed by atoms with Crippen molar-refractivity contribution < 1.29 is 5.11 Å². The second-order valence-corrected chi connectivity index (χ2v) is 7.41. The van der Waals surface area contributed by atoms with Gasteiger partial charge in [-0.3, -0.25) is 4.99 Å². The van der Waals surface area contributed by atoms with Crippen molar-refractivity contribution in [3.8, 4) is 0 Å². The molecule has 0 radical (unpaired) electrons. The van der Waals surface area contributed by atoms with Gasteiger partial charge in [-0.05, 0) is 32.6 Å².